The van der Waals surface area contributed by atoms with Crippen LogP contribution in [0.4, 0.5) is 14.5 Å². The number of carbonyl (C=O) groups excluding carboxylic acids is 1. The summed E-state index contributed by atoms with van der Waals surface area (Å²) in [6.07, 6.45) is 2.02. The lowest BCUT2D eigenvalue weighted by Gasteiger charge is -2.31. The molecule has 3 aromatic rings. The highest BCUT2D eigenvalue weighted by Crippen LogP contribution is 2.22. The molecule has 1 aliphatic rings. The number of anilines is 1. The molecule has 3 heterocycles. The molecule has 0 spiro atoms. The summed E-state index contributed by atoms with van der Waals surface area (Å²) in [5.41, 5.74) is 3.04. The summed E-state index contributed by atoms with van der Waals surface area (Å²) in [6, 6.07) is 5.32. The molecular weight excluding hydrogens is 434 g/mol. The number of aromatic amines is 1. The SMILES string of the molecule is Cc1nn(C)cc1NC(=O)CN1CCOC(c2cc(CCOc3ccc(F)c(F)c3)[nH]n2)C1. The number of carbonyl (C=O) groups is 1. The van der Waals surface area contributed by atoms with Gasteiger partial charge in [-0.25, -0.2) is 8.78 Å². The summed E-state index contributed by atoms with van der Waals surface area (Å²) in [4.78, 5) is 14.5. The first-order chi connectivity index (χ1) is 15.9. The monoisotopic (exact) mass is 460 g/mol. The number of benzene rings is 1. The predicted octanol–water partition coefficient (Wildman–Crippen LogP) is 2.36. The maximum atomic E-state index is 13.3. The van der Waals surface area contributed by atoms with Crippen molar-refractivity contribution < 1.29 is 23.0 Å². The molecule has 1 saturated heterocycles. The summed E-state index contributed by atoms with van der Waals surface area (Å²) < 4.78 is 39.2. The van der Waals surface area contributed by atoms with Crippen molar-refractivity contribution in [2.75, 3.05) is 38.2 Å². The second-order valence-electron chi connectivity index (χ2n) is 7.94. The van der Waals surface area contributed by atoms with E-state index in [0.29, 0.717) is 31.8 Å². The number of amides is 1. The highest BCUT2D eigenvalue weighted by atomic mass is 19.2. The van der Waals surface area contributed by atoms with Crippen LogP contribution in [0.25, 0.3) is 0 Å². The summed E-state index contributed by atoms with van der Waals surface area (Å²) in [6.45, 7) is 4.04. The van der Waals surface area contributed by atoms with Gasteiger partial charge in [-0.1, -0.05) is 0 Å². The van der Waals surface area contributed by atoms with Crippen molar-refractivity contribution in [3.8, 4) is 5.75 Å². The number of aromatic nitrogens is 4. The van der Waals surface area contributed by atoms with Gasteiger partial charge in [-0.3, -0.25) is 19.5 Å². The van der Waals surface area contributed by atoms with Crippen LogP contribution in [0.2, 0.25) is 0 Å². The van der Waals surface area contributed by atoms with E-state index in [1.54, 1.807) is 10.9 Å². The highest BCUT2D eigenvalue weighted by Gasteiger charge is 2.25. The molecular formula is C22H26F2N6O3. The molecule has 9 nitrogen and oxygen atoms in total. The molecule has 2 aromatic heterocycles. The van der Waals surface area contributed by atoms with Crippen LogP contribution in [0.3, 0.4) is 0 Å². The average molecular weight is 460 g/mol. The lowest BCUT2D eigenvalue weighted by molar-refractivity contribution is -0.119. The third-order valence-corrected chi connectivity index (χ3v) is 5.32. The van der Waals surface area contributed by atoms with Crippen LogP contribution in [-0.2, 0) is 23.0 Å². The molecule has 1 aromatic carbocycles. The van der Waals surface area contributed by atoms with Crippen molar-refractivity contribution in [2.45, 2.75) is 19.4 Å². The Balaban J connectivity index is 1.26. The van der Waals surface area contributed by atoms with E-state index < -0.39 is 11.6 Å². The van der Waals surface area contributed by atoms with E-state index in [1.807, 2.05) is 24.9 Å². The molecule has 1 atom stereocenters. The normalized spacial score (nSPS) is 16.7. The lowest BCUT2D eigenvalue weighted by atomic mass is 10.2. The van der Waals surface area contributed by atoms with Gasteiger partial charge < -0.3 is 14.8 Å². The number of morpholine rings is 1. The summed E-state index contributed by atoms with van der Waals surface area (Å²) >= 11 is 0. The minimum absolute atomic E-state index is 0.108. The van der Waals surface area contributed by atoms with Gasteiger partial charge in [0.1, 0.15) is 11.9 Å². The van der Waals surface area contributed by atoms with Gasteiger partial charge in [-0.05, 0) is 25.1 Å². The molecule has 33 heavy (non-hydrogen) atoms. The number of aryl methyl sites for hydroxylation is 2. The number of halogens is 2. The Hall–Kier alpha value is -3.31. The molecule has 176 valence electrons. The third-order valence-electron chi connectivity index (χ3n) is 5.32. The van der Waals surface area contributed by atoms with E-state index >= 15 is 0 Å². The second kappa shape index (κ2) is 10.1. The quantitative estimate of drug-likeness (QED) is 0.536. The Kier molecular flexibility index (Phi) is 6.99. The smallest absolute Gasteiger partial charge is 0.238 e. The van der Waals surface area contributed by atoms with E-state index in [0.717, 1.165) is 29.2 Å². The molecule has 1 fully saturated rings. The first-order valence-corrected chi connectivity index (χ1v) is 10.6. The first-order valence-electron chi connectivity index (χ1n) is 10.6. The topological polar surface area (TPSA) is 97.3 Å². The maximum absolute atomic E-state index is 13.3. The van der Waals surface area contributed by atoms with E-state index in [9.17, 15) is 13.6 Å². The summed E-state index contributed by atoms with van der Waals surface area (Å²) in [5.74, 6) is -1.70. The van der Waals surface area contributed by atoms with Crippen molar-refractivity contribution >= 4 is 11.6 Å². The van der Waals surface area contributed by atoms with Gasteiger partial charge in [0.15, 0.2) is 11.6 Å². The minimum Gasteiger partial charge on any atom is -0.493 e. The number of ether oxygens (including phenoxy) is 2. The highest BCUT2D eigenvalue weighted by molar-refractivity contribution is 5.92. The van der Waals surface area contributed by atoms with E-state index in [-0.39, 0.29) is 30.9 Å². The van der Waals surface area contributed by atoms with Crippen LogP contribution < -0.4 is 10.1 Å². The Morgan fingerprint density at radius 1 is 1.33 bits per heavy atom. The standard InChI is InChI=1S/C22H26F2N6O3/c1-14-20(11-29(2)28-14)25-22(31)13-30-6-8-33-21(12-30)19-9-15(26-27-19)5-7-32-16-3-4-17(23)18(24)10-16/h3-4,9-11,21H,5-8,12-13H2,1-2H3,(H,25,31)(H,26,27). The number of nitrogens with zero attached hydrogens (tertiary/aromatic N) is 4. The number of hydrogen-bond acceptors (Lipinski definition) is 6. The van der Waals surface area contributed by atoms with Gasteiger partial charge in [0.2, 0.25) is 5.91 Å². The van der Waals surface area contributed by atoms with Crippen LogP contribution in [0.5, 0.6) is 5.75 Å². The van der Waals surface area contributed by atoms with Crippen molar-refractivity contribution in [1.29, 1.82) is 0 Å². The number of H-pyrrole nitrogens is 1. The van der Waals surface area contributed by atoms with Crippen LogP contribution in [0.15, 0.2) is 30.5 Å². The second-order valence-corrected chi connectivity index (χ2v) is 7.94. The Bertz CT molecular complexity index is 1120. The molecule has 0 radical (unpaired) electrons. The minimum atomic E-state index is -0.945. The number of hydrogen-bond donors (Lipinski definition) is 2. The van der Waals surface area contributed by atoms with Gasteiger partial charge in [0.05, 0.1) is 36.8 Å². The summed E-state index contributed by atoms with van der Waals surface area (Å²) in [7, 11) is 1.81. The zero-order chi connectivity index (χ0) is 23.4. The Morgan fingerprint density at radius 3 is 2.94 bits per heavy atom. The van der Waals surface area contributed by atoms with E-state index in [2.05, 4.69) is 20.6 Å². The summed E-state index contributed by atoms with van der Waals surface area (Å²) in [5, 5.41) is 14.4. The van der Waals surface area contributed by atoms with Crippen LogP contribution >= 0.6 is 0 Å². The van der Waals surface area contributed by atoms with Crippen molar-refractivity contribution in [3.05, 3.63) is 59.2 Å². The number of nitrogens with one attached hydrogen (secondary N) is 2. The molecule has 0 saturated carbocycles. The molecule has 1 aliphatic heterocycles. The van der Waals surface area contributed by atoms with Crippen LogP contribution in [-0.4, -0.2) is 63.6 Å². The molecule has 0 bridgehead atoms. The maximum Gasteiger partial charge on any atom is 0.238 e. The van der Waals surface area contributed by atoms with Crippen LogP contribution in [0, 0.1) is 18.6 Å². The van der Waals surface area contributed by atoms with Crippen molar-refractivity contribution in [2.24, 2.45) is 7.05 Å². The van der Waals surface area contributed by atoms with Gasteiger partial charge in [0.25, 0.3) is 0 Å². The van der Waals surface area contributed by atoms with E-state index in [1.165, 1.54) is 6.07 Å². The molecule has 1 amide bonds. The average Bonchev–Trinajstić information content (AvgIpc) is 3.37. The van der Waals surface area contributed by atoms with Gasteiger partial charge >= 0.3 is 0 Å². The predicted molar refractivity (Wildman–Crippen MR) is 116 cm³/mol. The van der Waals surface area contributed by atoms with Crippen LogP contribution in [0.1, 0.15) is 23.2 Å². The Labute approximate surface area is 189 Å². The fourth-order valence-corrected chi connectivity index (χ4v) is 3.66. The van der Waals surface area contributed by atoms with Gasteiger partial charge in [-0.15, -0.1) is 0 Å². The fourth-order valence-electron chi connectivity index (χ4n) is 3.66. The van der Waals surface area contributed by atoms with Crippen molar-refractivity contribution in [1.82, 2.24) is 24.9 Å². The number of rotatable bonds is 8. The van der Waals surface area contributed by atoms with E-state index in [4.69, 9.17) is 9.47 Å². The largest absolute Gasteiger partial charge is 0.493 e. The third kappa shape index (κ3) is 5.93. The van der Waals surface area contributed by atoms with Gasteiger partial charge in [0, 0.05) is 44.5 Å². The zero-order valence-electron chi connectivity index (χ0n) is 18.5. The zero-order valence-corrected chi connectivity index (χ0v) is 18.5. The van der Waals surface area contributed by atoms with Gasteiger partial charge in [-0.2, -0.15) is 10.2 Å². The Morgan fingerprint density at radius 2 is 2.18 bits per heavy atom. The fraction of sp³-hybridized carbons (Fsp3) is 0.409. The molecule has 11 heteroatoms. The van der Waals surface area contributed by atoms with Crippen molar-refractivity contribution in [3.63, 3.8) is 0 Å². The molecule has 2 N–H and O–H groups in total. The first kappa shape index (κ1) is 22.9. The molecule has 4 rings (SSSR count). The lowest BCUT2D eigenvalue weighted by Crippen LogP contribution is -2.42. The molecule has 1 unspecified atom stereocenters. The molecule has 0 aliphatic carbocycles.